The van der Waals surface area contributed by atoms with Gasteiger partial charge in [0.1, 0.15) is 6.07 Å². The predicted octanol–water partition coefficient (Wildman–Crippen LogP) is 4.69. The quantitative estimate of drug-likeness (QED) is 0.718. The zero-order valence-corrected chi connectivity index (χ0v) is 10.8. The number of rotatable bonds is 2. The molecular formula is C14H10ClNS. The third kappa shape index (κ3) is 2.58. The average Bonchev–Trinajstić information content (AvgIpc) is 2.78. The minimum Gasteiger partial charge on any atom is -0.192 e. The Morgan fingerprint density at radius 2 is 1.88 bits per heavy atom. The minimum absolute atomic E-state index is 0.522. The van der Waals surface area contributed by atoms with Crippen LogP contribution < -0.4 is 0 Å². The molecule has 0 aliphatic heterocycles. The summed E-state index contributed by atoms with van der Waals surface area (Å²) in [4.78, 5) is 2.12. The first-order valence-corrected chi connectivity index (χ1v) is 6.34. The van der Waals surface area contributed by atoms with Crippen LogP contribution in [0, 0.1) is 18.3 Å². The molecule has 84 valence electrons. The Labute approximate surface area is 110 Å². The van der Waals surface area contributed by atoms with Gasteiger partial charge in [0.25, 0.3) is 0 Å². The summed E-state index contributed by atoms with van der Waals surface area (Å²) < 4.78 is 0. The van der Waals surface area contributed by atoms with Crippen LogP contribution in [0.1, 0.15) is 15.3 Å². The van der Waals surface area contributed by atoms with E-state index in [-0.39, 0.29) is 0 Å². The maximum absolute atomic E-state index is 9.23. The van der Waals surface area contributed by atoms with Gasteiger partial charge >= 0.3 is 0 Å². The highest BCUT2D eigenvalue weighted by Gasteiger charge is 2.10. The molecule has 1 heterocycles. The number of hydrogen-bond donors (Lipinski definition) is 0. The molecule has 0 bridgehead atoms. The van der Waals surface area contributed by atoms with Gasteiger partial charge in [0.15, 0.2) is 0 Å². The molecule has 1 nitrogen and oxygen atoms in total. The van der Waals surface area contributed by atoms with E-state index in [0.717, 1.165) is 10.4 Å². The van der Waals surface area contributed by atoms with Crippen LogP contribution in [0.5, 0.6) is 0 Å². The van der Waals surface area contributed by atoms with E-state index in [1.165, 1.54) is 4.88 Å². The number of nitrogens with zero attached hydrogens (tertiary/aromatic N) is 1. The van der Waals surface area contributed by atoms with E-state index in [0.29, 0.717) is 10.6 Å². The van der Waals surface area contributed by atoms with Crippen LogP contribution in [0.2, 0.25) is 0 Å². The van der Waals surface area contributed by atoms with Crippen molar-refractivity contribution in [2.45, 2.75) is 6.92 Å². The van der Waals surface area contributed by atoms with E-state index in [1.54, 1.807) is 11.3 Å². The lowest BCUT2D eigenvalue weighted by Crippen LogP contribution is -1.83. The fourth-order valence-corrected chi connectivity index (χ4v) is 2.66. The molecule has 0 saturated carbocycles. The van der Waals surface area contributed by atoms with Gasteiger partial charge in [0, 0.05) is 9.75 Å². The van der Waals surface area contributed by atoms with Crippen molar-refractivity contribution in [1.82, 2.24) is 0 Å². The van der Waals surface area contributed by atoms with E-state index in [2.05, 4.69) is 6.07 Å². The summed E-state index contributed by atoms with van der Waals surface area (Å²) in [5.74, 6) is 0. The molecule has 0 N–H and O–H groups in total. The summed E-state index contributed by atoms with van der Waals surface area (Å²) in [6, 6.07) is 15.6. The molecule has 1 aromatic carbocycles. The van der Waals surface area contributed by atoms with Crippen molar-refractivity contribution in [2.75, 3.05) is 0 Å². The molecule has 2 aromatic rings. The van der Waals surface area contributed by atoms with Crippen molar-refractivity contribution in [3.05, 3.63) is 57.8 Å². The van der Waals surface area contributed by atoms with Crippen molar-refractivity contribution >= 4 is 33.5 Å². The molecule has 0 atom stereocenters. The fraction of sp³-hybridized carbons (Fsp3) is 0.0714. The molecule has 0 spiro atoms. The summed E-state index contributed by atoms with van der Waals surface area (Å²) in [7, 11) is 0. The first-order valence-electron chi connectivity index (χ1n) is 5.14. The lowest BCUT2D eigenvalue weighted by molar-refractivity contribution is 1.52. The first-order chi connectivity index (χ1) is 8.22. The standard InChI is InChI=1S/C14H10ClNS/c1-10-7-8-13(17-10)14(15)12(9-16)11-5-3-2-4-6-11/h2-8H,1H3. The fourth-order valence-electron chi connectivity index (χ4n) is 1.52. The van der Waals surface area contributed by atoms with Crippen LogP contribution in [-0.2, 0) is 0 Å². The van der Waals surface area contributed by atoms with Crippen LogP contribution in [0.15, 0.2) is 42.5 Å². The Balaban J connectivity index is 2.52. The SMILES string of the molecule is Cc1ccc(C(Cl)=C(C#N)c2ccccc2)s1. The van der Waals surface area contributed by atoms with Gasteiger partial charge in [-0.2, -0.15) is 5.26 Å². The number of aryl methyl sites for hydroxylation is 1. The molecule has 2 rings (SSSR count). The van der Waals surface area contributed by atoms with Gasteiger partial charge in [-0.15, -0.1) is 11.3 Å². The van der Waals surface area contributed by atoms with E-state index in [1.807, 2.05) is 49.4 Å². The highest BCUT2D eigenvalue weighted by atomic mass is 35.5. The molecule has 17 heavy (non-hydrogen) atoms. The Morgan fingerprint density at radius 3 is 2.41 bits per heavy atom. The monoisotopic (exact) mass is 259 g/mol. The van der Waals surface area contributed by atoms with Crippen molar-refractivity contribution in [2.24, 2.45) is 0 Å². The average molecular weight is 260 g/mol. The second kappa shape index (κ2) is 5.18. The molecule has 0 saturated heterocycles. The van der Waals surface area contributed by atoms with Gasteiger partial charge < -0.3 is 0 Å². The molecule has 0 unspecified atom stereocenters. The van der Waals surface area contributed by atoms with Gasteiger partial charge in [-0.1, -0.05) is 41.9 Å². The summed E-state index contributed by atoms with van der Waals surface area (Å²) in [6.07, 6.45) is 0. The second-order valence-electron chi connectivity index (χ2n) is 3.58. The topological polar surface area (TPSA) is 23.8 Å². The van der Waals surface area contributed by atoms with Gasteiger partial charge in [0.05, 0.1) is 10.6 Å². The van der Waals surface area contributed by atoms with E-state index < -0.39 is 0 Å². The van der Waals surface area contributed by atoms with Crippen molar-refractivity contribution < 1.29 is 0 Å². The highest BCUT2D eigenvalue weighted by molar-refractivity contribution is 7.14. The molecule has 3 heteroatoms. The number of allylic oxidation sites excluding steroid dienone is 1. The number of halogens is 1. The van der Waals surface area contributed by atoms with Crippen LogP contribution in [-0.4, -0.2) is 0 Å². The Kier molecular flexibility index (Phi) is 3.63. The van der Waals surface area contributed by atoms with Crippen molar-refractivity contribution in [1.29, 1.82) is 5.26 Å². The summed E-state index contributed by atoms with van der Waals surface area (Å²) >= 11 is 7.88. The highest BCUT2D eigenvalue weighted by Crippen LogP contribution is 2.33. The van der Waals surface area contributed by atoms with Crippen LogP contribution in [0.25, 0.3) is 10.6 Å². The first kappa shape index (κ1) is 11.9. The third-order valence-corrected chi connectivity index (χ3v) is 3.87. The number of benzene rings is 1. The van der Waals surface area contributed by atoms with E-state index >= 15 is 0 Å². The Hall–Kier alpha value is -1.56. The zero-order chi connectivity index (χ0) is 12.3. The molecular weight excluding hydrogens is 250 g/mol. The molecule has 0 aliphatic rings. The molecule has 0 fully saturated rings. The Morgan fingerprint density at radius 1 is 1.18 bits per heavy atom. The predicted molar refractivity (Wildman–Crippen MR) is 73.8 cm³/mol. The lowest BCUT2D eigenvalue weighted by Gasteiger charge is -2.01. The summed E-state index contributed by atoms with van der Waals surface area (Å²) in [5, 5.41) is 9.76. The molecule has 0 aliphatic carbocycles. The second-order valence-corrected chi connectivity index (χ2v) is 5.24. The smallest absolute Gasteiger partial charge is 0.101 e. The van der Waals surface area contributed by atoms with E-state index in [9.17, 15) is 5.26 Å². The maximum atomic E-state index is 9.23. The third-order valence-electron chi connectivity index (χ3n) is 2.35. The number of hydrogen-bond acceptors (Lipinski definition) is 2. The molecule has 1 aromatic heterocycles. The molecule has 0 radical (unpaired) electrons. The minimum atomic E-state index is 0.522. The van der Waals surface area contributed by atoms with Crippen molar-refractivity contribution in [3.8, 4) is 6.07 Å². The largest absolute Gasteiger partial charge is 0.192 e. The van der Waals surface area contributed by atoms with Gasteiger partial charge in [-0.3, -0.25) is 0 Å². The van der Waals surface area contributed by atoms with E-state index in [4.69, 9.17) is 11.6 Å². The molecule has 0 amide bonds. The van der Waals surface area contributed by atoms with Crippen LogP contribution in [0.3, 0.4) is 0 Å². The normalized spacial score (nSPS) is 11.8. The maximum Gasteiger partial charge on any atom is 0.101 e. The van der Waals surface area contributed by atoms with Crippen molar-refractivity contribution in [3.63, 3.8) is 0 Å². The van der Waals surface area contributed by atoms with Gasteiger partial charge in [-0.05, 0) is 24.6 Å². The van der Waals surface area contributed by atoms with Gasteiger partial charge in [-0.25, -0.2) is 0 Å². The van der Waals surface area contributed by atoms with Crippen LogP contribution >= 0.6 is 22.9 Å². The summed E-state index contributed by atoms with van der Waals surface area (Å²) in [5.41, 5.74) is 1.38. The Bertz CT molecular complexity index is 590. The number of thiophene rings is 1. The number of nitriles is 1. The zero-order valence-electron chi connectivity index (χ0n) is 9.27. The lowest BCUT2D eigenvalue weighted by atomic mass is 10.1. The van der Waals surface area contributed by atoms with Crippen LogP contribution in [0.4, 0.5) is 0 Å². The van der Waals surface area contributed by atoms with Gasteiger partial charge in [0.2, 0.25) is 0 Å². The summed E-state index contributed by atoms with van der Waals surface area (Å²) in [6.45, 7) is 2.02.